The summed E-state index contributed by atoms with van der Waals surface area (Å²) < 4.78 is 0. The molecule has 1 aliphatic rings. The highest BCUT2D eigenvalue weighted by Gasteiger charge is 2.15. The van der Waals surface area contributed by atoms with Crippen LogP contribution in [0.5, 0.6) is 0 Å². The van der Waals surface area contributed by atoms with Crippen molar-refractivity contribution in [2.75, 3.05) is 18.1 Å². The van der Waals surface area contributed by atoms with E-state index in [0.29, 0.717) is 22.6 Å². The van der Waals surface area contributed by atoms with Crippen LogP contribution < -0.4 is 5.32 Å². The zero-order valence-electron chi connectivity index (χ0n) is 10.0. The van der Waals surface area contributed by atoms with Gasteiger partial charge in [-0.05, 0) is 48.1 Å². The second-order valence-electron chi connectivity index (χ2n) is 4.51. The van der Waals surface area contributed by atoms with Crippen LogP contribution in [0.2, 0.25) is 10.0 Å². The molecule has 1 aliphatic heterocycles. The van der Waals surface area contributed by atoms with E-state index in [1.807, 2.05) is 11.8 Å². The minimum atomic E-state index is -0.559. The first kappa shape index (κ1) is 14.5. The zero-order valence-corrected chi connectivity index (χ0v) is 12.4. The van der Waals surface area contributed by atoms with Crippen LogP contribution >= 0.6 is 35.0 Å². The molecule has 5 heteroatoms. The minimum Gasteiger partial charge on any atom is -0.387 e. The van der Waals surface area contributed by atoms with E-state index in [9.17, 15) is 5.11 Å². The highest BCUT2D eigenvalue weighted by atomic mass is 35.5. The van der Waals surface area contributed by atoms with Crippen molar-refractivity contribution in [3.8, 4) is 0 Å². The van der Waals surface area contributed by atoms with Gasteiger partial charge in [-0.1, -0.05) is 23.2 Å². The van der Waals surface area contributed by atoms with Crippen LogP contribution in [-0.2, 0) is 0 Å². The van der Waals surface area contributed by atoms with Crippen LogP contribution in [0.4, 0.5) is 0 Å². The Kier molecular flexibility index (Phi) is 5.64. The van der Waals surface area contributed by atoms with Gasteiger partial charge in [-0.3, -0.25) is 0 Å². The smallest absolute Gasteiger partial charge is 0.0915 e. The first-order valence-corrected chi connectivity index (χ1v) is 8.01. The summed E-state index contributed by atoms with van der Waals surface area (Å²) in [7, 11) is 0. The number of thioether (sulfide) groups is 1. The highest BCUT2D eigenvalue weighted by molar-refractivity contribution is 7.99. The number of benzene rings is 1. The highest BCUT2D eigenvalue weighted by Crippen LogP contribution is 2.24. The molecule has 100 valence electrons. The summed E-state index contributed by atoms with van der Waals surface area (Å²) in [5.74, 6) is 2.41. The van der Waals surface area contributed by atoms with E-state index in [1.165, 1.54) is 24.3 Å². The van der Waals surface area contributed by atoms with Gasteiger partial charge < -0.3 is 10.4 Å². The Morgan fingerprint density at radius 2 is 1.83 bits per heavy atom. The molecular weight excluding hydrogens is 289 g/mol. The van der Waals surface area contributed by atoms with Crippen molar-refractivity contribution < 1.29 is 5.11 Å². The Bertz CT molecular complexity index is 376. The van der Waals surface area contributed by atoms with Crippen LogP contribution in [0.1, 0.15) is 24.5 Å². The Labute approximate surface area is 122 Å². The van der Waals surface area contributed by atoms with Crippen molar-refractivity contribution in [2.45, 2.75) is 25.0 Å². The van der Waals surface area contributed by atoms with Crippen LogP contribution in [0, 0.1) is 0 Å². The number of aliphatic hydroxyl groups is 1. The van der Waals surface area contributed by atoms with E-state index >= 15 is 0 Å². The van der Waals surface area contributed by atoms with Gasteiger partial charge in [0.2, 0.25) is 0 Å². The number of aliphatic hydroxyl groups excluding tert-OH is 1. The summed E-state index contributed by atoms with van der Waals surface area (Å²) in [4.78, 5) is 0. The van der Waals surface area contributed by atoms with Gasteiger partial charge in [-0.2, -0.15) is 11.8 Å². The molecular formula is C13H17Cl2NOS. The maximum Gasteiger partial charge on any atom is 0.0915 e. The van der Waals surface area contributed by atoms with Gasteiger partial charge >= 0.3 is 0 Å². The predicted octanol–water partition coefficient (Wildman–Crippen LogP) is 3.51. The third-order valence-electron chi connectivity index (χ3n) is 3.09. The largest absolute Gasteiger partial charge is 0.387 e. The van der Waals surface area contributed by atoms with Gasteiger partial charge in [0.15, 0.2) is 0 Å². The lowest BCUT2D eigenvalue weighted by molar-refractivity contribution is 0.169. The normalized spacial score (nSPS) is 18.8. The zero-order chi connectivity index (χ0) is 13.0. The molecule has 1 fully saturated rings. The molecule has 2 rings (SSSR count). The molecule has 2 nitrogen and oxygen atoms in total. The molecule has 1 saturated heterocycles. The molecule has 0 amide bonds. The van der Waals surface area contributed by atoms with Gasteiger partial charge in [0, 0.05) is 22.6 Å². The van der Waals surface area contributed by atoms with Crippen LogP contribution in [0.15, 0.2) is 18.2 Å². The fourth-order valence-electron chi connectivity index (χ4n) is 2.07. The van der Waals surface area contributed by atoms with Crippen molar-refractivity contribution in [3.63, 3.8) is 0 Å². The summed E-state index contributed by atoms with van der Waals surface area (Å²) in [6.45, 7) is 0.548. The molecule has 2 N–H and O–H groups in total. The molecule has 1 aromatic carbocycles. The Hall–Kier alpha value is 0.0700. The summed E-state index contributed by atoms with van der Waals surface area (Å²) >= 11 is 13.8. The van der Waals surface area contributed by atoms with Gasteiger partial charge in [0.05, 0.1) is 6.10 Å². The molecule has 0 spiro atoms. The van der Waals surface area contributed by atoms with Crippen LogP contribution in [-0.4, -0.2) is 29.2 Å². The van der Waals surface area contributed by atoms with Crippen molar-refractivity contribution in [1.29, 1.82) is 0 Å². The second-order valence-corrected chi connectivity index (χ2v) is 6.61. The van der Waals surface area contributed by atoms with E-state index < -0.39 is 6.10 Å². The van der Waals surface area contributed by atoms with E-state index in [2.05, 4.69) is 5.32 Å². The second kappa shape index (κ2) is 7.01. The average Bonchev–Trinajstić information content (AvgIpc) is 2.36. The number of nitrogens with one attached hydrogen (secondary N) is 1. The molecule has 1 unspecified atom stereocenters. The van der Waals surface area contributed by atoms with E-state index in [0.717, 1.165) is 5.56 Å². The van der Waals surface area contributed by atoms with E-state index in [4.69, 9.17) is 23.2 Å². The third-order valence-corrected chi connectivity index (χ3v) is 4.58. The predicted molar refractivity (Wildman–Crippen MR) is 79.8 cm³/mol. The first-order chi connectivity index (χ1) is 8.65. The third kappa shape index (κ3) is 4.32. The Morgan fingerprint density at radius 3 is 2.44 bits per heavy atom. The van der Waals surface area contributed by atoms with Gasteiger partial charge in [0.25, 0.3) is 0 Å². The first-order valence-electron chi connectivity index (χ1n) is 6.10. The van der Waals surface area contributed by atoms with Crippen LogP contribution in [0.3, 0.4) is 0 Å². The molecule has 1 aromatic rings. The molecule has 0 bridgehead atoms. The van der Waals surface area contributed by atoms with Gasteiger partial charge in [0.1, 0.15) is 0 Å². The average molecular weight is 306 g/mol. The summed E-state index contributed by atoms with van der Waals surface area (Å²) in [6.07, 6.45) is 1.79. The van der Waals surface area contributed by atoms with Crippen molar-refractivity contribution in [1.82, 2.24) is 5.32 Å². The van der Waals surface area contributed by atoms with Crippen LogP contribution in [0.25, 0.3) is 0 Å². The van der Waals surface area contributed by atoms with E-state index in [-0.39, 0.29) is 0 Å². The minimum absolute atomic E-state index is 0.524. The maximum atomic E-state index is 10.1. The van der Waals surface area contributed by atoms with Gasteiger partial charge in [-0.25, -0.2) is 0 Å². The molecule has 18 heavy (non-hydrogen) atoms. The topological polar surface area (TPSA) is 32.3 Å². The Morgan fingerprint density at radius 1 is 1.22 bits per heavy atom. The standard InChI is InChI=1S/C13H17Cl2NOS/c14-10-5-9(6-11(15)7-10)13(17)8-16-12-1-3-18-4-2-12/h5-7,12-13,16-17H,1-4,8H2. The molecule has 1 atom stereocenters. The lowest BCUT2D eigenvalue weighted by Gasteiger charge is -2.24. The van der Waals surface area contributed by atoms with Crippen molar-refractivity contribution in [3.05, 3.63) is 33.8 Å². The molecule has 0 saturated carbocycles. The number of rotatable bonds is 4. The Balaban J connectivity index is 1.88. The number of hydrogen-bond donors (Lipinski definition) is 2. The SMILES string of the molecule is OC(CNC1CCSCC1)c1cc(Cl)cc(Cl)c1. The molecule has 0 radical (unpaired) electrons. The maximum absolute atomic E-state index is 10.1. The number of hydrogen-bond acceptors (Lipinski definition) is 3. The molecule has 1 heterocycles. The van der Waals surface area contributed by atoms with E-state index in [1.54, 1.807) is 18.2 Å². The fraction of sp³-hybridized carbons (Fsp3) is 0.538. The number of halogens is 2. The van der Waals surface area contributed by atoms with Crippen molar-refractivity contribution in [2.24, 2.45) is 0 Å². The lowest BCUT2D eigenvalue weighted by atomic mass is 10.1. The molecule has 0 aliphatic carbocycles. The summed E-state index contributed by atoms with van der Waals surface area (Å²) in [6, 6.07) is 5.72. The summed E-state index contributed by atoms with van der Waals surface area (Å²) in [5.41, 5.74) is 0.769. The summed E-state index contributed by atoms with van der Waals surface area (Å²) in [5, 5.41) is 14.6. The van der Waals surface area contributed by atoms with Crippen molar-refractivity contribution >= 4 is 35.0 Å². The monoisotopic (exact) mass is 305 g/mol. The fourth-order valence-corrected chi connectivity index (χ4v) is 3.71. The molecule has 0 aromatic heterocycles. The van der Waals surface area contributed by atoms with Gasteiger partial charge in [-0.15, -0.1) is 0 Å². The lowest BCUT2D eigenvalue weighted by Crippen LogP contribution is -2.35. The quantitative estimate of drug-likeness (QED) is 0.893.